The van der Waals surface area contributed by atoms with Crippen molar-refractivity contribution in [3.63, 3.8) is 0 Å². The van der Waals surface area contributed by atoms with Crippen LogP contribution >= 0.6 is 0 Å². The van der Waals surface area contributed by atoms with Gasteiger partial charge in [0.1, 0.15) is 11.6 Å². The van der Waals surface area contributed by atoms with Crippen LogP contribution in [-0.2, 0) is 10.3 Å². The fourth-order valence-electron chi connectivity index (χ4n) is 5.40. The number of fused-ring (bicyclic) bond motifs is 1. The summed E-state index contributed by atoms with van der Waals surface area (Å²) < 4.78 is 36.7. The zero-order chi connectivity index (χ0) is 26.3. The molecule has 0 saturated carbocycles. The Hall–Kier alpha value is -3.58. The highest BCUT2D eigenvalue weighted by molar-refractivity contribution is 5.97. The molecular formula is C30H31F2N3O2. The van der Waals surface area contributed by atoms with Gasteiger partial charge in [0.2, 0.25) is 0 Å². The first-order chi connectivity index (χ1) is 17.7. The Kier molecular flexibility index (Phi) is 6.58. The van der Waals surface area contributed by atoms with E-state index in [2.05, 4.69) is 34.7 Å². The Bertz CT molecular complexity index is 1450. The number of rotatable bonds is 5. The third-order valence-electron chi connectivity index (χ3n) is 7.32. The van der Waals surface area contributed by atoms with Gasteiger partial charge in [-0.2, -0.15) is 5.10 Å². The van der Waals surface area contributed by atoms with Gasteiger partial charge in [0.15, 0.2) is 0 Å². The van der Waals surface area contributed by atoms with E-state index >= 15 is 0 Å². The Morgan fingerprint density at radius 3 is 2.24 bits per heavy atom. The second-order valence-electron chi connectivity index (χ2n) is 10.2. The van der Waals surface area contributed by atoms with Crippen LogP contribution in [0.4, 0.5) is 8.78 Å². The van der Waals surface area contributed by atoms with Crippen LogP contribution in [0.25, 0.3) is 16.6 Å². The Morgan fingerprint density at radius 1 is 0.973 bits per heavy atom. The van der Waals surface area contributed by atoms with E-state index in [0.717, 1.165) is 11.1 Å². The number of halogens is 2. The maximum absolute atomic E-state index is 14.7. The fourth-order valence-corrected chi connectivity index (χ4v) is 5.40. The van der Waals surface area contributed by atoms with Gasteiger partial charge < -0.3 is 10.1 Å². The zero-order valence-electron chi connectivity index (χ0n) is 21.6. The number of nitrogens with one attached hydrogen (secondary N) is 1. The summed E-state index contributed by atoms with van der Waals surface area (Å²) in [6, 6.07) is 15.5. The van der Waals surface area contributed by atoms with Crippen LogP contribution < -0.4 is 5.32 Å². The largest absolute Gasteiger partial charge is 0.381 e. The van der Waals surface area contributed by atoms with Gasteiger partial charge in [-0.05, 0) is 62.4 Å². The number of hydrogen-bond donors (Lipinski definition) is 1. The number of amides is 1. The molecule has 1 saturated heterocycles. The van der Waals surface area contributed by atoms with E-state index in [4.69, 9.17) is 4.74 Å². The van der Waals surface area contributed by atoms with E-state index in [9.17, 15) is 13.6 Å². The first kappa shape index (κ1) is 25.1. The monoisotopic (exact) mass is 503 g/mol. The van der Waals surface area contributed by atoms with Gasteiger partial charge in [-0.15, -0.1) is 0 Å². The molecule has 1 aliphatic rings. The van der Waals surface area contributed by atoms with Gasteiger partial charge in [-0.3, -0.25) is 4.79 Å². The molecule has 2 aromatic heterocycles. The quantitative estimate of drug-likeness (QED) is 0.340. The number of carbonyl (C=O) groups is 1. The molecule has 5 nitrogen and oxygen atoms in total. The number of hydrogen-bond acceptors (Lipinski definition) is 3. The van der Waals surface area contributed by atoms with E-state index < -0.39 is 17.2 Å². The summed E-state index contributed by atoms with van der Waals surface area (Å²) >= 11 is 0. The van der Waals surface area contributed by atoms with Crippen molar-refractivity contribution in [2.24, 2.45) is 0 Å². The molecule has 1 fully saturated rings. The highest BCUT2D eigenvalue weighted by Gasteiger charge is 2.37. The molecule has 0 unspecified atom stereocenters. The highest BCUT2D eigenvalue weighted by Crippen LogP contribution is 2.36. The smallest absolute Gasteiger partial charge is 0.253 e. The summed E-state index contributed by atoms with van der Waals surface area (Å²) in [7, 11) is 0. The predicted molar refractivity (Wildman–Crippen MR) is 140 cm³/mol. The topological polar surface area (TPSA) is 55.6 Å². The molecule has 7 heteroatoms. The van der Waals surface area contributed by atoms with E-state index in [1.54, 1.807) is 23.6 Å². The third-order valence-corrected chi connectivity index (χ3v) is 7.32. The van der Waals surface area contributed by atoms with Crippen molar-refractivity contribution in [3.05, 3.63) is 94.3 Å². The second kappa shape index (κ2) is 9.71. The van der Waals surface area contributed by atoms with Gasteiger partial charge in [0.05, 0.1) is 33.6 Å². The van der Waals surface area contributed by atoms with Crippen LogP contribution in [0, 0.1) is 25.5 Å². The van der Waals surface area contributed by atoms with Crippen LogP contribution in [-0.4, -0.2) is 28.7 Å². The van der Waals surface area contributed by atoms with Crippen molar-refractivity contribution < 1.29 is 18.3 Å². The van der Waals surface area contributed by atoms with E-state index in [-0.39, 0.29) is 17.4 Å². The summed E-state index contributed by atoms with van der Waals surface area (Å²) in [5, 5.41) is 7.99. The van der Waals surface area contributed by atoms with Crippen molar-refractivity contribution in [2.75, 3.05) is 13.2 Å². The SMILES string of the molecule is Cc1ccc(C2(NC(=O)c3ccc4c(-c5c(F)cccc5F)c(C)nn4c3C(C)C)CCOCC2)cc1. The summed E-state index contributed by atoms with van der Waals surface area (Å²) in [6.45, 7) is 8.84. The van der Waals surface area contributed by atoms with Crippen molar-refractivity contribution in [1.82, 2.24) is 14.9 Å². The molecule has 192 valence electrons. The third kappa shape index (κ3) is 4.42. The van der Waals surface area contributed by atoms with Crippen molar-refractivity contribution in [3.8, 4) is 11.1 Å². The molecule has 0 aliphatic carbocycles. The van der Waals surface area contributed by atoms with Crippen LogP contribution in [0.3, 0.4) is 0 Å². The standard InChI is InChI=1S/C30H31F2N3O2/c1-18(2)28-22(29(36)33-30(14-16-37-17-15-30)21-10-8-19(3)9-11-21)12-13-25-26(20(4)34-35(25)28)27-23(31)6-5-7-24(27)32/h5-13,18H,14-17H2,1-4H3,(H,33,36). The minimum Gasteiger partial charge on any atom is -0.381 e. The average Bonchev–Trinajstić information content (AvgIpc) is 3.19. The van der Waals surface area contributed by atoms with Gasteiger partial charge in [0.25, 0.3) is 5.91 Å². The molecule has 0 radical (unpaired) electrons. The Balaban J connectivity index is 1.62. The number of benzene rings is 2. The van der Waals surface area contributed by atoms with Gasteiger partial charge in [-0.1, -0.05) is 49.7 Å². The molecular weight excluding hydrogens is 472 g/mol. The van der Waals surface area contributed by atoms with E-state index in [1.807, 2.05) is 20.8 Å². The Morgan fingerprint density at radius 2 is 1.62 bits per heavy atom. The summed E-state index contributed by atoms with van der Waals surface area (Å²) in [5.74, 6) is -1.58. The van der Waals surface area contributed by atoms with Crippen molar-refractivity contribution in [2.45, 2.75) is 52.0 Å². The van der Waals surface area contributed by atoms with Crippen LogP contribution in [0.2, 0.25) is 0 Å². The van der Waals surface area contributed by atoms with Crippen molar-refractivity contribution >= 4 is 11.4 Å². The molecule has 5 rings (SSSR count). The number of nitrogens with zero attached hydrogens (tertiary/aromatic N) is 2. The zero-order valence-corrected chi connectivity index (χ0v) is 21.6. The lowest BCUT2D eigenvalue weighted by atomic mass is 9.82. The van der Waals surface area contributed by atoms with Crippen LogP contribution in [0.5, 0.6) is 0 Å². The van der Waals surface area contributed by atoms with Crippen molar-refractivity contribution in [1.29, 1.82) is 0 Å². The number of aryl methyl sites for hydroxylation is 2. The molecule has 1 amide bonds. The van der Waals surface area contributed by atoms with Crippen LogP contribution in [0.1, 0.15) is 65.5 Å². The minimum atomic E-state index is -0.648. The minimum absolute atomic E-state index is 0.0768. The van der Waals surface area contributed by atoms with E-state index in [1.165, 1.54) is 18.2 Å². The van der Waals surface area contributed by atoms with Crippen LogP contribution in [0.15, 0.2) is 54.6 Å². The summed E-state index contributed by atoms with van der Waals surface area (Å²) in [6.07, 6.45) is 1.33. The fraction of sp³-hybridized carbons (Fsp3) is 0.333. The van der Waals surface area contributed by atoms with E-state index in [0.29, 0.717) is 54.1 Å². The second-order valence-corrected chi connectivity index (χ2v) is 10.2. The molecule has 1 aliphatic heterocycles. The molecule has 0 bridgehead atoms. The Labute approximate surface area is 215 Å². The molecule has 2 aromatic carbocycles. The summed E-state index contributed by atoms with van der Waals surface area (Å²) in [4.78, 5) is 13.9. The lowest BCUT2D eigenvalue weighted by Crippen LogP contribution is -2.49. The normalized spacial score (nSPS) is 15.3. The van der Waals surface area contributed by atoms with Gasteiger partial charge in [0, 0.05) is 18.8 Å². The molecule has 4 aromatic rings. The molecule has 37 heavy (non-hydrogen) atoms. The van der Waals surface area contributed by atoms with Gasteiger partial charge in [-0.25, -0.2) is 13.3 Å². The maximum Gasteiger partial charge on any atom is 0.253 e. The number of pyridine rings is 1. The molecule has 3 heterocycles. The molecule has 0 atom stereocenters. The molecule has 1 N–H and O–H groups in total. The maximum atomic E-state index is 14.7. The molecule has 0 spiro atoms. The first-order valence-corrected chi connectivity index (χ1v) is 12.7. The number of carbonyl (C=O) groups excluding carboxylic acids is 1. The number of aromatic nitrogens is 2. The summed E-state index contributed by atoms with van der Waals surface area (Å²) in [5.41, 5.74) is 4.16. The first-order valence-electron chi connectivity index (χ1n) is 12.7. The average molecular weight is 504 g/mol. The number of ether oxygens (including phenoxy) is 1. The van der Waals surface area contributed by atoms with Gasteiger partial charge >= 0.3 is 0 Å². The lowest BCUT2D eigenvalue weighted by molar-refractivity contribution is 0.0345. The highest BCUT2D eigenvalue weighted by atomic mass is 19.1. The lowest BCUT2D eigenvalue weighted by Gasteiger charge is -2.39. The predicted octanol–water partition coefficient (Wildman–Crippen LogP) is 6.46.